The fourth-order valence-electron chi connectivity index (χ4n) is 1.96. The van der Waals surface area contributed by atoms with Gasteiger partial charge in [0.25, 0.3) is 8.11 Å². The van der Waals surface area contributed by atoms with E-state index in [4.69, 9.17) is 0 Å². The molecule has 0 saturated heterocycles. The molecule has 0 aliphatic carbocycles. The lowest BCUT2D eigenvalue weighted by Crippen LogP contribution is -1.89. The Kier molecular flexibility index (Phi) is 4.28. The molecule has 0 spiro atoms. The third kappa shape index (κ3) is 3.24. The smallest absolute Gasteiger partial charge is 0.290 e. The summed E-state index contributed by atoms with van der Waals surface area (Å²) in [5.74, 6) is 0. The number of thioether (sulfide) groups is 1. The van der Waals surface area contributed by atoms with Gasteiger partial charge in [0.05, 0.1) is 5.03 Å². The first-order valence-electron chi connectivity index (χ1n) is 6.52. The lowest BCUT2D eigenvalue weighted by atomic mass is 10.2. The van der Waals surface area contributed by atoms with Crippen LogP contribution in [-0.4, -0.2) is 4.98 Å². The van der Waals surface area contributed by atoms with Gasteiger partial charge in [0.2, 0.25) is 0 Å². The molecule has 1 N–H and O–H groups in total. The highest BCUT2D eigenvalue weighted by Gasteiger charge is 2.20. The van der Waals surface area contributed by atoms with Gasteiger partial charge in [-0.2, -0.15) is 0 Å². The second-order valence-electron chi connectivity index (χ2n) is 4.48. The van der Waals surface area contributed by atoms with E-state index in [0.29, 0.717) is 0 Å². The first-order valence-corrected chi connectivity index (χ1v) is 11.4. The van der Waals surface area contributed by atoms with Gasteiger partial charge in [-0.3, -0.25) is 9.59 Å². The SMILES string of the molecule is CCC(=Cc1nc2sc(=O)sc2s1)C=C1Nc2sc(=O)sc2S1. The summed E-state index contributed by atoms with van der Waals surface area (Å²) in [6.45, 7) is 2.10. The molecular formula is C13H8N2O2S6. The maximum Gasteiger partial charge on any atom is 0.290 e. The van der Waals surface area contributed by atoms with Crippen LogP contribution in [-0.2, 0) is 0 Å². The highest BCUT2D eigenvalue weighted by atomic mass is 32.2. The van der Waals surface area contributed by atoms with Gasteiger partial charge in [-0.25, -0.2) is 4.98 Å². The van der Waals surface area contributed by atoms with E-state index in [1.807, 2.05) is 0 Å². The Morgan fingerprint density at radius 3 is 2.70 bits per heavy atom. The maximum absolute atomic E-state index is 11.3. The second kappa shape index (κ2) is 6.26. The molecule has 23 heavy (non-hydrogen) atoms. The summed E-state index contributed by atoms with van der Waals surface area (Å²) >= 11 is 8.19. The van der Waals surface area contributed by atoms with Crippen LogP contribution in [0, 0.1) is 0 Å². The molecule has 118 valence electrons. The van der Waals surface area contributed by atoms with Crippen molar-refractivity contribution in [3.8, 4) is 0 Å². The van der Waals surface area contributed by atoms with E-state index >= 15 is 0 Å². The minimum absolute atomic E-state index is 0.101. The molecule has 10 heteroatoms. The molecule has 0 radical (unpaired) electrons. The van der Waals surface area contributed by atoms with Crippen LogP contribution in [0.15, 0.2) is 30.5 Å². The van der Waals surface area contributed by atoms with Crippen LogP contribution in [0.5, 0.6) is 0 Å². The third-order valence-corrected chi connectivity index (χ3v) is 9.54. The molecule has 3 aromatic rings. The molecule has 1 aliphatic heterocycles. The van der Waals surface area contributed by atoms with Gasteiger partial charge < -0.3 is 5.32 Å². The van der Waals surface area contributed by atoms with Crippen LogP contribution in [0.1, 0.15) is 18.4 Å². The molecular weight excluding hydrogens is 409 g/mol. The molecule has 0 unspecified atom stereocenters. The van der Waals surface area contributed by atoms with Gasteiger partial charge in [0.15, 0.2) is 0 Å². The van der Waals surface area contributed by atoms with Crippen LogP contribution in [0.25, 0.3) is 14.9 Å². The predicted molar refractivity (Wildman–Crippen MR) is 106 cm³/mol. The van der Waals surface area contributed by atoms with E-state index in [1.165, 1.54) is 45.3 Å². The number of fused-ring (bicyclic) bond motifs is 2. The number of hydrogen-bond donors (Lipinski definition) is 1. The van der Waals surface area contributed by atoms with Gasteiger partial charge in [-0.05, 0) is 24.1 Å². The van der Waals surface area contributed by atoms with E-state index in [-0.39, 0.29) is 8.11 Å². The van der Waals surface area contributed by atoms with Crippen molar-refractivity contribution >= 4 is 88.4 Å². The topological polar surface area (TPSA) is 59.1 Å². The Bertz CT molecular complexity index is 997. The van der Waals surface area contributed by atoms with Gasteiger partial charge in [-0.1, -0.05) is 64.0 Å². The summed E-state index contributed by atoms with van der Waals surface area (Å²) in [4.78, 5) is 28.0. The van der Waals surface area contributed by atoms with Crippen LogP contribution in [0.3, 0.4) is 0 Å². The van der Waals surface area contributed by atoms with Gasteiger partial charge >= 0.3 is 0 Å². The Morgan fingerprint density at radius 1 is 1.13 bits per heavy atom. The molecule has 3 aromatic heterocycles. The lowest BCUT2D eigenvalue weighted by molar-refractivity contribution is 1.16. The van der Waals surface area contributed by atoms with E-state index < -0.39 is 0 Å². The third-order valence-electron chi connectivity index (χ3n) is 2.96. The highest BCUT2D eigenvalue weighted by molar-refractivity contribution is 8.05. The van der Waals surface area contributed by atoms with Crippen molar-refractivity contribution in [2.45, 2.75) is 17.6 Å². The number of allylic oxidation sites excluding steroid dienone is 2. The van der Waals surface area contributed by atoms with Crippen molar-refractivity contribution in [2.24, 2.45) is 0 Å². The van der Waals surface area contributed by atoms with Crippen LogP contribution in [0.4, 0.5) is 5.00 Å². The van der Waals surface area contributed by atoms with Crippen LogP contribution < -0.4 is 13.4 Å². The minimum atomic E-state index is 0.101. The summed E-state index contributed by atoms with van der Waals surface area (Å²) in [7, 11) is 0. The van der Waals surface area contributed by atoms with Crippen LogP contribution >= 0.6 is 68.4 Å². The number of nitrogens with one attached hydrogen (secondary N) is 1. The molecule has 0 atom stereocenters. The summed E-state index contributed by atoms with van der Waals surface area (Å²) in [5.41, 5.74) is 1.16. The number of hydrogen-bond acceptors (Lipinski definition) is 10. The standard InChI is InChI=1S/C13H8N2O2S6/c1-2-5(3-6-14-8-10(18-6)22-12(16)20-8)4-7-15-9-11(19-7)23-13(17)21-9/h3-4,14H,2H2,1H3. The Balaban J connectivity index is 1.62. The summed E-state index contributed by atoms with van der Waals surface area (Å²) in [6.07, 6.45) is 5.06. The summed E-state index contributed by atoms with van der Waals surface area (Å²) in [5, 5.41) is 6.21. The maximum atomic E-state index is 11.3. The number of nitrogens with zero attached hydrogens (tertiary/aromatic N) is 1. The fraction of sp³-hybridized carbons (Fsp3) is 0.154. The van der Waals surface area contributed by atoms with Gasteiger partial charge in [-0.15, -0.1) is 11.3 Å². The minimum Gasteiger partial charge on any atom is -0.340 e. The van der Waals surface area contributed by atoms with E-state index in [1.54, 1.807) is 23.1 Å². The first kappa shape index (κ1) is 15.7. The van der Waals surface area contributed by atoms with E-state index in [2.05, 4.69) is 29.4 Å². The van der Waals surface area contributed by atoms with Crippen molar-refractivity contribution in [3.63, 3.8) is 0 Å². The molecule has 1 aliphatic rings. The molecule has 0 aromatic carbocycles. The van der Waals surface area contributed by atoms with Crippen molar-refractivity contribution < 1.29 is 0 Å². The summed E-state index contributed by atoms with van der Waals surface area (Å²) in [6, 6.07) is 0. The average Bonchev–Trinajstić information content (AvgIpc) is 3.17. The number of rotatable bonds is 3. The zero-order valence-electron chi connectivity index (χ0n) is 11.6. The van der Waals surface area contributed by atoms with Gasteiger partial charge in [0, 0.05) is 0 Å². The molecule has 0 bridgehead atoms. The zero-order valence-corrected chi connectivity index (χ0v) is 16.5. The molecule has 0 saturated carbocycles. The Morgan fingerprint density at radius 2 is 1.96 bits per heavy atom. The molecule has 0 amide bonds. The van der Waals surface area contributed by atoms with Crippen LogP contribution in [0.2, 0.25) is 0 Å². The average molecular weight is 417 g/mol. The molecule has 4 rings (SSSR count). The second-order valence-corrected chi connectivity index (χ2v) is 11.5. The largest absolute Gasteiger partial charge is 0.340 e. The Hall–Kier alpha value is -0.780. The summed E-state index contributed by atoms with van der Waals surface area (Å²) < 4.78 is 2.27. The molecule has 4 nitrogen and oxygen atoms in total. The van der Waals surface area contributed by atoms with Crippen molar-refractivity contribution in [2.75, 3.05) is 5.32 Å². The molecule has 4 heterocycles. The zero-order chi connectivity index (χ0) is 16.0. The van der Waals surface area contributed by atoms with Crippen molar-refractivity contribution in [3.05, 3.63) is 39.4 Å². The van der Waals surface area contributed by atoms with Crippen molar-refractivity contribution in [1.82, 2.24) is 4.98 Å². The number of thiazole rings is 1. The Labute approximate surface area is 154 Å². The van der Waals surface area contributed by atoms with E-state index in [0.717, 1.165) is 40.1 Å². The highest BCUT2D eigenvalue weighted by Crippen LogP contribution is 2.45. The lowest BCUT2D eigenvalue weighted by Gasteiger charge is -2.00. The number of anilines is 1. The van der Waals surface area contributed by atoms with Gasteiger partial charge in [0.1, 0.15) is 23.1 Å². The fourth-order valence-corrected chi connectivity index (χ4v) is 8.79. The predicted octanol–water partition coefficient (Wildman–Crippen LogP) is 5.12. The normalized spacial score (nSPS) is 16.2. The van der Waals surface area contributed by atoms with E-state index in [9.17, 15) is 9.59 Å². The molecule has 0 fully saturated rings. The van der Waals surface area contributed by atoms with Crippen molar-refractivity contribution in [1.29, 1.82) is 0 Å². The monoisotopic (exact) mass is 416 g/mol. The first-order chi connectivity index (χ1) is 11.1. The quantitative estimate of drug-likeness (QED) is 0.642. The number of aromatic nitrogens is 1.